The van der Waals surface area contributed by atoms with E-state index in [2.05, 4.69) is 152 Å². The molecule has 0 aromatic carbocycles. The maximum atomic E-state index is 12.9. The van der Waals surface area contributed by atoms with Crippen LogP contribution in [-0.4, -0.2) is 97.5 Å². The lowest BCUT2D eigenvalue weighted by Crippen LogP contribution is -2.60. The number of aliphatic hydroxyl groups excluding tert-OH is 3. The summed E-state index contributed by atoms with van der Waals surface area (Å²) in [5, 5.41) is 30.7. The minimum absolute atomic E-state index is 0.00908. The number of ether oxygens (including phenoxy) is 4. The molecule has 0 aromatic heterocycles. The topological polar surface area (TPSA) is 178 Å². The molecule has 68 heavy (non-hydrogen) atoms. The molecule has 0 aliphatic carbocycles. The van der Waals surface area contributed by atoms with Gasteiger partial charge in [-0.2, -0.15) is 8.42 Å². The van der Waals surface area contributed by atoms with Crippen molar-refractivity contribution in [2.75, 3.05) is 26.4 Å². The molecule has 0 amide bonds. The normalized spacial score (nSPS) is 20.5. The molecule has 1 heterocycles. The molecule has 384 valence electrons. The molecule has 1 fully saturated rings. The molecule has 1 aliphatic rings. The lowest BCUT2D eigenvalue weighted by atomic mass is 9.99. The van der Waals surface area contributed by atoms with E-state index in [-0.39, 0.29) is 19.6 Å². The van der Waals surface area contributed by atoms with E-state index in [1.807, 2.05) is 0 Å². The van der Waals surface area contributed by atoms with Crippen molar-refractivity contribution in [3.63, 3.8) is 0 Å². The first-order valence-electron chi connectivity index (χ1n) is 24.9. The largest absolute Gasteiger partial charge is 0.457 e. The van der Waals surface area contributed by atoms with E-state index in [4.69, 9.17) is 18.9 Å². The maximum absolute atomic E-state index is 12.9. The lowest BCUT2D eigenvalue weighted by molar-refractivity contribution is -0.301. The van der Waals surface area contributed by atoms with Gasteiger partial charge in [-0.15, -0.1) is 0 Å². The van der Waals surface area contributed by atoms with Crippen LogP contribution in [0, 0.1) is 0 Å². The Labute approximate surface area is 410 Å². The van der Waals surface area contributed by atoms with Gasteiger partial charge in [0.2, 0.25) is 0 Å². The molecule has 0 radical (unpaired) electrons. The van der Waals surface area contributed by atoms with Crippen molar-refractivity contribution in [3.05, 3.63) is 134 Å². The maximum Gasteiger partial charge on any atom is 0.397 e. The van der Waals surface area contributed by atoms with Gasteiger partial charge >= 0.3 is 16.4 Å². The summed E-state index contributed by atoms with van der Waals surface area (Å²) >= 11 is 0. The molecule has 13 heteroatoms. The molecule has 1 rings (SSSR count). The molecular formula is C55H86O12S. The summed E-state index contributed by atoms with van der Waals surface area (Å²) in [5.41, 5.74) is 0. The summed E-state index contributed by atoms with van der Waals surface area (Å²) in [4.78, 5) is 12.9. The zero-order valence-electron chi connectivity index (χ0n) is 41.1. The van der Waals surface area contributed by atoms with Crippen LogP contribution in [0.1, 0.15) is 142 Å². The third-order valence-corrected chi connectivity index (χ3v) is 10.7. The predicted octanol–water partition coefficient (Wildman–Crippen LogP) is 11.5. The van der Waals surface area contributed by atoms with Crippen LogP contribution in [0.2, 0.25) is 0 Å². The Hall–Kier alpha value is -3.76. The molecule has 1 aliphatic heterocycles. The standard InChI is InChI=1S/C55H86O12S/c1-3-5-7-9-11-13-15-17-19-20-21-22-23-24-25-26-27-28-29-31-33-35-37-39-41-43-45-63-47-49(48-64-55-53(59)54(67-68(60,61)62)52(58)50(46-56)66-55)65-51(57)44-42-40-38-36-34-32-30-18-16-14-12-10-8-6-4-2/h5-8,11-14,17-19,21-22,24-25,27-28,30-31,33-34,36,49-50,52-56,58-59H,3-4,9-10,15-16,20,23,26,29,32,35,37-48H2,1-2H3,(H,60,61,62)/b7-5-,8-6-,13-11-,14-12-,19-17-,22-21-,25-24-,28-27-,30-18-,33-31-,36-34-. The van der Waals surface area contributed by atoms with Crippen molar-refractivity contribution in [3.8, 4) is 0 Å². The summed E-state index contributed by atoms with van der Waals surface area (Å²) in [6, 6.07) is 0. The number of carbonyl (C=O) groups excluding carboxylic acids is 1. The van der Waals surface area contributed by atoms with Crippen LogP contribution in [-0.2, 0) is 38.3 Å². The van der Waals surface area contributed by atoms with Crippen LogP contribution in [0.5, 0.6) is 0 Å². The molecule has 0 saturated carbocycles. The van der Waals surface area contributed by atoms with Gasteiger partial charge in [0.1, 0.15) is 30.5 Å². The quantitative estimate of drug-likeness (QED) is 0.0198. The van der Waals surface area contributed by atoms with Gasteiger partial charge in [0.05, 0.1) is 19.8 Å². The fourth-order valence-corrected chi connectivity index (χ4v) is 7.09. The SMILES string of the molecule is CC/C=C\C/C=C\C/C=C\C/C=C\C/C=C\C/C=C\C/C=C\CCCCCCOCC(COC1OC(CO)C(O)C(OS(=O)(=O)O)C1O)OC(=O)CCCC/C=C\C/C=C\C/C=C\C/C=C\CC. The summed E-state index contributed by atoms with van der Waals surface area (Å²) in [6.07, 6.45) is 56.3. The molecule has 6 unspecified atom stereocenters. The monoisotopic (exact) mass is 971 g/mol. The second-order valence-electron chi connectivity index (χ2n) is 16.3. The fraction of sp³-hybridized carbons (Fsp3) is 0.582. The number of carbonyl (C=O) groups is 1. The Morgan fingerprint density at radius 3 is 1.40 bits per heavy atom. The zero-order valence-corrected chi connectivity index (χ0v) is 41.9. The summed E-state index contributed by atoms with van der Waals surface area (Å²) < 4.78 is 59.1. The van der Waals surface area contributed by atoms with Crippen LogP contribution >= 0.6 is 0 Å². The number of hydrogen-bond acceptors (Lipinski definition) is 11. The Balaban J connectivity index is 2.42. The highest BCUT2D eigenvalue weighted by Crippen LogP contribution is 2.26. The van der Waals surface area contributed by atoms with Crippen LogP contribution in [0.4, 0.5) is 0 Å². The molecule has 0 spiro atoms. The second kappa shape index (κ2) is 44.4. The minimum Gasteiger partial charge on any atom is -0.457 e. The average Bonchev–Trinajstić information content (AvgIpc) is 3.31. The van der Waals surface area contributed by atoms with Crippen molar-refractivity contribution in [2.45, 2.75) is 179 Å². The van der Waals surface area contributed by atoms with Gasteiger partial charge in [-0.25, -0.2) is 4.18 Å². The number of hydrogen-bond donors (Lipinski definition) is 4. The van der Waals surface area contributed by atoms with E-state index in [0.29, 0.717) is 13.0 Å². The molecule has 12 nitrogen and oxygen atoms in total. The highest BCUT2D eigenvalue weighted by molar-refractivity contribution is 7.80. The molecular weight excluding hydrogens is 885 g/mol. The smallest absolute Gasteiger partial charge is 0.397 e. The van der Waals surface area contributed by atoms with Crippen molar-refractivity contribution in [1.29, 1.82) is 0 Å². The molecule has 0 aromatic rings. The summed E-state index contributed by atoms with van der Waals surface area (Å²) in [7, 11) is -5.08. The van der Waals surface area contributed by atoms with E-state index in [0.717, 1.165) is 116 Å². The van der Waals surface area contributed by atoms with Crippen molar-refractivity contribution in [2.24, 2.45) is 0 Å². The van der Waals surface area contributed by atoms with Crippen molar-refractivity contribution >= 4 is 16.4 Å². The highest BCUT2D eigenvalue weighted by atomic mass is 32.3. The molecule has 6 atom stereocenters. The number of unbranched alkanes of at least 4 members (excludes halogenated alkanes) is 6. The number of esters is 1. The van der Waals surface area contributed by atoms with Gasteiger partial charge in [0.25, 0.3) is 0 Å². The predicted molar refractivity (Wildman–Crippen MR) is 275 cm³/mol. The molecule has 4 N–H and O–H groups in total. The highest BCUT2D eigenvalue weighted by Gasteiger charge is 2.48. The third kappa shape index (κ3) is 37.2. The first-order chi connectivity index (χ1) is 33.1. The van der Waals surface area contributed by atoms with E-state index in [9.17, 15) is 33.1 Å². The minimum atomic E-state index is -5.08. The van der Waals surface area contributed by atoms with E-state index in [1.54, 1.807) is 0 Å². The summed E-state index contributed by atoms with van der Waals surface area (Å²) in [5.74, 6) is -0.456. The van der Waals surface area contributed by atoms with Crippen LogP contribution in [0.3, 0.4) is 0 Å². The number of allylic oxidation sites excluding steroid dienone is 22. The Bertz CT molecular complexity index is 1690. The van der Waals surface area contributed by atoms with E-state index in [1.165, 1.54) is 0 Å². The van der Waals surface area contributed by atoms with Gasteiger partial charge in [-0.1, -0.05) is 160 Å². The third-order valence-electron chi connectivity index (χ3n) is 10.3. The molecule has 1 saturated heterocycles. The van der Waals surface area contributed by atoms with Gasteiger partial charge in [0, 0.05) is 13.0 Å². The van der Waals surface area contributed by atoms with Gasteiger partial charge < -0.3 is 34.3 Å². The second-order valence-corrected chi connectivity index (χ2v) is 17.3. The van der Waals surface area contributed by atoms with Crippen LogP contribution in [0.25, 0.3) is 0 Å². The average molecular weight is 971 g/mol. The van der Waals surface area contributed by atoms with Crippen LogP contribution < -0.4 is 0 Å². The van der Waals surface area contributed by atoms with Gasteiger partial charge in [-0.05, 0) is 109 Å². The Morgan fingerprint density at radius 1 is 0.559 bits per heavy atom. The Kier molecular flexibility index (Phi) is 40.7. The first-order valence-corrected chi connectivity index (χ1v) is 26.3. The Morgan fingerprint density at radius 2 is 0.971 bits per heavy atom. The van der Waals surface area contributed by atoms with Crippen LogP contribution in [0.15, 0.2) is 134 Å². The zero-order chi connectivity index (χ0) is 49.6. The fourth-order valence-electron chi connectivity index (χ4n) is 6.58. The first kappa shape index (κ1) is 62.3. The summed E-state index contributed by atoms with van der Waals surface area (Å²) in [6.45, 7) is 3.61. The lowest BCUT2D eigenvalue weighted by Gasteiger charge is -2.41. The van der Waals surface area contributed by atoms with E-state index < -0.39 is 59.8 Å². The van der Waals surface area contributed by atoms with Gasteiger partial charge in [0.15, 0.2) is 6.29 Å². The van der Waals surface area contributed by atoms with Gasteiger partial charge in [-0.3, -0.25) is 9.35 Å². The van der Waals surface area contributed by atoms with E-state index >= 15 is 0 Å². The van der Waals surface area contributed by atoms with Crippen molar-refractivity contribution < 1.29 is 56.2 Å². The molecule has 0 bridgehead atoms. The number of aliphatic hydroxyl groups is 3. The van der Waals surface area contributed by atoms with Crippen molar-refractivity contribution in [1.82, 2.24) is 0 Å². The number of rotatable bonds is 41.